The van der Waals surface area contributed by atoms with Crippen LogP contribution in [0, 0.1) is 0 Å². The molecule has 8 heavy (non-hydrogen) atoms. The Bertz CT molecular complexity index is 110. The average Bonchev–Trinajstić information content (AvgIpc) is 1.65. The zero-order valence-corrected chi connectivity index (χ0v) is 5.07. The number of carbonyl (C=O) groups is 1. The maximum atomic E-state index is 9.98. The maximum absolute atomic E-state index is 9.98. The third kappa shape index (κ3) is 3.49. The first-order valence-corrected chi connectivity index (χ1v) is 2.13. The summed E-state index contributed by atoms with van der Waals surface area (Å²) in [5.41, 5.74) is 0. The smallest absolute Gasteiger partial charge is 0.399 e. The molecule has 46 valence electrons. The Hall–Kier alpha value is -0.700. The molecule has 0 aliphatic rings. The molecule has 0 N–H and O–H groups in total. The van der Waals surface area contributed by atoms with Crippen molar-refractivity contribution in [1.29, 1.82) is 0 Å². The molecule has 0 aliphatic carbocycles. The van der Waals surface area contributed by atoms with E-state index in [0.717, 1.165) is 0 Å². The number of rotatable bonds is 1. The van der Waals surface area contributed by atoms with E-state index in [9.17, 15) is 4.79 Å². The molecular weight excluding hydrogens is 131 g/mol. The standard InChI is InChI=1S/C4H5ClO3/c1-3(2)7-4(6)8-5/h1H2,2H3. The van der Waals surface area contributed by atoms with Crippen molar-refractivity contribution in [1.82, 2.24) is 0 Å². The molecule has 0 radical (unpaired) electrons. The van der Waals surface area contributed by atoms with Crippen molar-refractivity contribution in [3.63, 3.8) is 0 Å². The number of hydrogen-bond acceptors (Lipinski definition) is 3. The van der Waals surface area contributed by atoms with E-state index in [4.69, 9.17) is 0 Å². The summed E-state index contributed by atoms with van der Waals surface area (Å²) in [6.45, 7) is 4.77. The maximum Gasteiger partial charge on any atom is 0.532 e. The highest BCUT2D eigenvalue weighted by molar-refractivity contribution is 6.12. The Morgan fingerprint density at radius 1 is 1.75 bits per heavy atom. The zero-order chi connectivity index (χ0) is 6.57. The van der Waals surface area contributed by atoms with Gasteiger partial charge in [-0.05, 0) is 6.92 Å². The number of ether oxygens (including phenoxy) is 1. The van der Waals surface area contributed by atoms with E-state index in [-0.39, 0.29) is 5.76 Å². The van der Waals surface area contributed by atoms with Gasteiger partial charge in [0.2, 0.25) is 0 Å². The Morgan fingerprint density at radius 3 is 2.38 bits per heavy atom. The van der Waals surface area contributed by atoms with E-state index in [1.165, 1.54) is 6.92 Å². The van der Waals surface area contributed by atoms with Gasteiger partial charge in [-0.25, -0.2) is 4.79 Å². The van der Waals surface area contributed by atoms with E-state index in [1.54, 1.807) is 0 Å². The highest BCUT2D eigenvalue weighted by Crippen LogP contribution is 1.94. The van der Waals surface area contributed by atoms with Crippen LogP contribution in [0.3, 0.4) is 0 Å². The summed E-state index contributed by atoms with van der Waals surface area (Å²) in [4.78, 5) is 9.98. The van der Waals surface area contributed by atoms with Crippen molar-refractivity contribution in [2.45, 2.75) is 6.92 Å². The molecule has 3 nitrogen and oxygen atoms in total. The monoisotopic (exact) mass is 136 g/mol. The Balaban J connectivity index is 3.40. The quantitative estimate of drug-likeness (QED) is 0.408. The third-order valence-corrected chi connectivity index (χ3v) is 0.447. The lowest BCUT2D eigenvalue weighted by Gasteiger charge is -1.94. The minimum absolute atomic E-state index is 0.246. The fraction of sp³-hybridized carbons (Fsp3) is 0.250. The number of halogens is 1. The second kappa shape index (κ2) is 3.32. The molecule has 0 saturated carbocycles. The highest BCUT2D eigenvalue weighted by atomic mass is 35.5. The van der Waals surface area contributed by atoms with Gasteiger partial charge in [0.05, 0.1) is 0 Å². The summed E-state index contributed by atoms with van der Waals surface area (Å²) in [5, 5.41) is 0. The number of carbonyl (C=O) groups excluding carboxylic acids is 1. The second-order valence-electron chi connectivity index (χ2n) is 1.13. The van der Waals surface area contributed by atoms with Crippen molar-refractivity contribution in [3.8, 4) is 0 Å². The topological polar surface area (TPSA) is 35.5 Å². The summed E-state index contributed by atoms with van der Waals surface area (Å²) in [7, 11) is 0. The van der Waals surface area contributed by atoms with Crippen LogP contribution in [0.5, 0.6) is 0 Å². The summed E-state index contributed by atoms with van der Waals surface area (Å²) in [5.74, 6) is 0.246. The van der Waals surface area contributed by atoms with Crippen molar-refractivity contribution >= 4 is 18.0 Å². The molecule has 0 saturated heterocycles. The molecule has 0 amide bonds. The van der Waals surface area contributed by atoms with Gasteiger partial charge in [-0.3, -0.25) is 0 Å². The fourth-order valence-corrected chi connectivity index (χ4v) is 0.190. The first kappa shape index (κ1) is 7.30. The fourth-order valence-electron chi connectivity index (χ4n) is 0.158. The van der Waals surface area contributed by atoms with E-state index < -0.39 is 6.16 Å². The molecule has 0 aromatic rings. The molecule has 4 heteroatoms. The molecule has 0 fully saturated rings. The minimum atomic E-state index is -0.959. The van der Waals surface area contributed by atoms with Gasteiger partial charge in [0.1, 0.15) is 17.6 Å². The zero-order valence-electron chi connectivity index (χ0n) is 4.31. The Morgan fingerprint density at radius 2 is 2.25 bits per heavy atom. The second-order valence-corrected chi connectivity index (χ2v) is 1.29. The third-order valence-electron chi connectivity index (χ3n) is 0.321. The molecule has 0 aliphatic heterocycles. The summed E-state index contributed by atoms with van der Waals surface area (Å²) >= 11 is 4.58. The number of allylic oxidation sites excluding steroid dienone is 1. The van der Waals surface area contributed by atoms with Gasteiger partial charge in [0.25, 0.3) is 0 Å². The van der Waals surface area contributed by atoms with E-state index >= 15 is 0 Å². The molecule has 0 atom stereocenters. The van der Waals surface area contributed by atoms with Crippen LogP contribution in [0.1, 0.15) is 6.92 Å². The van der Waals surface area contributed by atoms with Gasteiger partial charge in [-0.15, -0.1) is 0 Å². The Kier molecular flexibility index (Phi) is 3.03. The van der Waals surface area contributed by atoms with Gasteiger partial charge < -0.3 is 9.03 Å². The van der Waals surface area contributed by atoms with Crippen LogP contribution < -0.4 is 0 Å². The number of hydrogen-bond donors (Lipinski definition) is 0. The minimum Gasteiger partial charge on any atom is -0.399 e. The van der Waals surface area contributed by atoms with Crippen LogP contribution in [0.25, 0.3) is 0 Å². The van der Waals surface area contributed by atoms with Crippen LogP contribution in [0.4, 0.5) is 4.79 Å². The van der Waals surface area contributed by atoms with Crippen molar-refractivity contribution in [2.75, 3.05) is 0 Å². The predicted octanol–water partition coefficient (Wildman–Crippen LogP) is 1.83. The summed E-state index contributed by atoms with van der Waals surface area (Å²) < 4.78 is 7.82. The van der Waals surface area contributed by atoms with E-state index in [0.29, 0.717) is 0 Å². The SMILES string of the molecule is C=C(C)OC(=O)OCl. The lowest BCUT2D eigenvalue weighted by molar-refractivity contribution is 0.131. The van der Waals surface area contributed by atoms with Gasteiger partial charge >= 0.3 is 6.16 Å². The predicted molar refractivity (Wildman–Crippen MR) is 28.2 cm³/mol. The molecule has 0 aromatic heterocycles. The van der Waals surface area contributed by atoms with Crippen LogP contribution in [-0.4, -0.2) is 6.16 Å². The lowest BCUT2D eigenvalue weighted by atomic mass is 10.7. The summed E-state index contributed by atoms with van der Waals surface area (Å²) in [6.07, 6.45) is -0.959. The van der Waals surface area contributed by atoms with Crippen molar-refractivity contribution in [2.24, 2.45) is 0 Å². The average molecular weight is 137 g/mol. The molecule has 0 heterocycles. The van der Waals surface area contributed by atoms with Crippen LogP contribution in [-0.2, 0) is 9.03 Å². The largest absolute Gasteiger partial charge is 0.532 e. The van der Waals surface area contributed by atoms with Crippen LogP contribution in [0.15, 0.2) is 12.3 Å². The molecule has 0 bridgehead atoms. The van der Waals surface area contributed by atoms with Gasteiger partial charge in [0.15, 0.2) is 0 Å². The molecule has 0 rings (SSSR count). The van der Waals surface area contributed by atoms with Gasteiger partial charge in [0, 0.05) is 0 Å². The molecule has 0 spiro atoms. The normalized spacial score (nSPS) is 7.75. The first-order valence-electron chi connectivity index (χ1n) is 1.82. The molecule has 0 unspecified atom stereocenters. The lowest BCUT2D eigenvalue weighted by Crippen LogP contribution is -1.97. The summed E-state index contributed by atoms with van der Waals surface area (Å²) in [6, 6.07) is 0. The van der Waals surface area contributed by atoms with E-state index in [2.05, 4.69) is 27.5 Å². The first-order chi connectivity index (χ1) is 3.66. The van der Waals surface area contributed by atoms with Crippen LogP contribution >= 0.6 is 11.9 Å². The highest BCUT2D eigenvalue weighted by Gasteiger charge is 1.99. The van der Waals surface area contributed by atoms with Gasteiger partial charge in [-0.2, -0.15) is 0 Å². The van der Waals surface area contributed by atoms with Crippen molar-refractivity contribution < 1.29 is 13.8 Å². The van der Waals surface area contributed by atoms with E-state index in [1.807, 2.05) is 0 Å². The van der Waals surface area contributed by atoms with Crippen LogP contribution in [0.2, 0.25) is 0 Å². The molecule has 0 aromatic carbocycles. The van der Waals surface area contributed by atoms with Gasteiger partial charge in [-0.1, -0.05) is 6.58 Å². The van der Waals surface area contributed by atoms with Crippen molar-refractivity contribution in [3.05, 3.63) is 12.3 Å². The Labute approximate surface area is 52.0 Å². The molecular formula is C4H5ClO3.